The summed E-state index contributed by atoms with van der Waals surface area (Å²) in [5.41, 5.74) is 1.10. The highest BCUT2D eigenvalue weighted by Crippen LogP contribution is 2.29. The molecule has 0 amide bonds. The zero-order valence-electron chi connectivity index (χ0n) is 19.3. The summed E-state index contributed by atoms with van der Waals surface area (Å²) in [7, 11) is 0. The molecule has 0 spiro atoms. The van der Waals surface area contributed by atoms with E-state index in [-0.39, 0.29) is 36.9 Å². The van der Waals surface area contributed by atoms with Crippen molar-refractivity contribution in [1.29, 1.82) is 0 Å². The van der Waals surface area contributed by atoms with Crippen LogP contribution in [0, 0.1) is 0 Å². The summed E-state index contributed by atoms with van der Waals surface area (Å²) in [6.07, 6.45) is -3.40. The summed E-state index contributed by atoms with van der Waals surface area (Å²) in [4.78, 5) is 23.6. The molecule has 3 heterocycles. The lowest BCUT2D eigenvalue weighted by atomic mass is 9.96. The lowest BCUT2D eigenvalue weighted by Crippen LogP contribution is -2.49. The zero-order valence-corrected chi connectivity index (χ0v) is 19.3. The molecule has 2 saturated heterocycles. The first-order valence-corrected chi connectivity index (χ1v) is 11.5. The third kappa shape index (κ3) is 5.97. The number of benzene rings is 1. The molecule has 2 aliphatic rings. The lowest BCUT2D eigenvalue weighted by molar-refractivity contribution is -0.221. The smallest absolute Gasteiger partial charge is 0.416 e. The van der Waals surface area contributed by atoms with Gasteiger partial charge in [0.05, 0.1) is 19.7 Å². The number of nitrogens with zero attached hydrogens (tertiary/aromatic N) is 4. The molecule has 0 saturated carbocycles. The van der Waals surface area contributed by atoms with E-state index in [9.17, 15) is 18.0 Å². The second-order valence-corrected chi connectivity index (χ2v) is 8.91. The Balaban J connectivity index is 1.35. The van der Waals surface area contributed by atoms with E-state index in [1.165, 1.54) is 4.90 Å². The van der Waals surface area contributed by atoms with Gasteiger partial charge in [0.25, 0.3) is 0 Å². The van der Waals surface area contributed by atoms with Crippen molar-refractivity contribution in [2.75, 3.05) is 42.6 Å². The number of hydrogen-bond acceptors (Lipinski definition) is 7. The first-order chi connectivity index (χ1) is 16.2. The summed E-state index contributed by atoms with van der Waals surface area (Å²) >= 11 is 0. The average molecular weight is 479 g/mol. The summed E-state index contributed by atoms with van der Waals surface area (Å²) in [5, 5.41) is 0. The SMILES string of the molecule is CC(=O)C[C@@H](C)c1ccc(O[C@@H]2CCN(c3ccnc(N4CCOC(C(F)(F)F)C4)n3)C2)cc1. The second kappa shape index (κ2) is 10.2. The molecule has 2 aliphatic heterocycles. The Morgan fingerprint density at radius 1 is 1.18 bits per heavy atom. The Bertz CT molecular complexity index is 986. The number of ketones is 1. The van der Waals surface area contributed by atoms with Crippen molar-refractivity contribution in [2.45, 2.75) is 51.0 Å². The predicted octanol–water partition coefficient (Wildman–Crippen LogP) is 3.98. The number of carbonyl (C=O) groups excluding carboxylic acids is 1. The molecule has 2 fully saturated rings. The number of rotatable bonds is 7. The van der Waals surface area contributed by atoms with E-state index in [1.807, 2.05) is 31.2 Å². The Kier molecular flexibility index (Phi) is 7.25. The van der Waals surface area contributed by atoms with Crippen molar-refractivity contribution in [3.05, 3.63) is 42.1 Å². The molecule has 184 valence electrons. The third-order valence-electron chi connectivity index (χ3n) is 6.16. The largest absolute Gasteiger partial charge is 0.489 e. The van der Waals surface area contributed by atoms with Crippen molar-refractivity contribution in [2.24, 2.45) is 0 Å². The number of hydrogen-bond donors (Lipinski definition) is 0. The summed E-state index contributed by atoms with van der Waals surface area (Å²) < 4.78 is 50.2. The zero-order chi connectivity index (χ0) is 24.3. The topological polar surface area (TPSA) is 67.8 Å². The van der Waals surface area contributed by atoms with Crippen LogP contribution in [-0.2, 0) is 9.53 Å². The Hall–Kier alpha value is -2.88. The van der Waals surface area contributed by atoms with E-state index < -0.39 is 12.3 Å². The first kappa shape index (κ1) is 24.3. The average Bonchev–Trinajstić information content (AvgIpc) is 3.27. The van der Waals surface area contributed by atoms with Gasteiger partial charge in [0.15, 0.2) is 6.10 Å². The van der Waals surface area contributed by atoms with Crippen molar-refractivity contribution in [3.8, 4) is 5.75 Å². The highest BCUT2D eigenvalue weighted by Gasteiger charge is 2.44. The maximum absolute atomic E-state index is 13.1. The van der Waals surface area contributed by atoms with Gasteiger partial charge in [-0.1, -0.05) is 19.1 Å². The maximum Gasteiger partial charge on any atom is 0.416 e. The van der Waals surface area contributed by atoms with Gasteiger partial charge in [-0.05, 0) is 36.6 Å². The number of carbonyl (C=O) groups is 1. The van der Waals surface area contributed by atoms with Crippen LogP contribution in [0.15, 0.2) is 36.5 Å². The molecule has 0 N–H and O–H groups in total. The van der Waals surface area contributed by atoms with Gasteiger partial charge >= 0.3 is 6.18 Å². The number of morpholine rings is 1. The number of halogens is 3. The van der Waals surface area contributed by atoms with Crippen LogP contribution in [-0.4, -0.2) is 66.9 Å². The van der Waals surface area contributed by atoms with Gasteiger partial charge in [0.1, 0.15) is 23.5 Å². The Labute approximate surface area is 196 Å². The second-order valence-electron chi connectivity index (χ2n) is 8.91. The quantitative estimate of drug-likeness (QED) is 0.596. The van der Waals surface area contributed by atoms with Crippen molar-refractivity contribution in [3.63, 3.8) is 0 Å². The van der Waals surface area contributed by atoms with E-state index in [4.69, 9.17) is 9.47 Å². The molecule has 2 aromatic rings. The normalized spacial score (nSPS) is 22.0. The molecule has 7 nitrogen and oxygen atoms in total. The highest BCUT2D eigenvalue weighted by atomic mass is 19.4. The maximum atomic E-state index is 13.1. The number of anilines is 2. The van der Waals surface area contributed by atoms with Gasteiger partial charge in [-0.3, -0.25) is 0 Å². The van der Waals surface area contributed by atoms with E-state index in [2.05, 4.69) is 14.9 Å². The fraction of sp³-hybridized carbons (Fsp3) is 0.542. The summed E-state index contributed by atoms with van der Waals surface area (Å²) in [5.74, 6) is 2.04. The minimum absolute atomic E-state index is 0.0241. The first-order valence-electron chi connectivity index (χ1n) is 11.5. The molecule has 3 atom stereocenters. The Morgan fingerprint density at radius 3 is 2.65 bits per heavy atom. The molecule has 1 aromatic carbocycles. The summed E-state index contributed by atoms with van der Waals surface area (Å²) in [6.45, 7) is 4.94. The van der Waals surface area contributed by atoms with E-state index in [1.54, 1.807) is 19.2 Å². The standard InChI is InChI=1S/C24H29F3N4O3/c1-16(13-17(2)32)18-3-5-19(6-4-18)34-20-8-10-30(14-20)22-7-9-28-23(29-22)31-11-12-33-21(15-31)24(25,26)27/h3-7,9,16,20-21H,8,10-15H2,1-2H3/t16-,20-,21?/m1/s1. The van der Waals surface area contributed by atoms with Crippen LogP contribution in [0.3, 0.4) is 0 Å². The molecule has 0 bridgehead atoms. The fourth-order valence-corrected chi connectivity index (χ4v) is 4.35. The molecule has 1 unspecified atom stereocenters. The van der Waals surface area contributed by atoms with Gasteiger partial charge in [-0.15, -0.1) is 0 Å². The monoisotopic (exact) mass is 478 g/mol. The van der Waals surface area contributed by atoms with Gasteiger partial charge in [-0.25, -0.2) is 4.98 Å². The number of alkyl halides is 3. The molecule has 1 aromatic heterocycles. The van der Waals surface area contributed by atoms with Crippen LogP contribution < -0.4 is 14.5 Å². The van der Waals surface area contributed by atoms with Crippen LogP contribution >= 0.6 is 0 Å². The Morgan fingerprint density at radius 2 is 1.94 bits per heavy atom. The van der Waals surface area contributed by atoms with Gasteiger partial charge < -0.3 is 24.1 Å². The van der Waals surface area contributed by atoms with Crippen LogP contribution in [0.25, 0.3) is 0 Å². The van der Waals surface area contributed by atoms with Gasteiger partial charge in [0, 0.05) is 32.1 Å². The molecular weight excluding hydrogens is 449 g/mol. The lowest BCUT2D eigenvalue weighted by Gasteiger charge is -2.34. The van der Waals surface area contributed by atoms with Crippen LogP contribution in [0.2, 0.25) is 0 Å². The van der Waals surface area contributed by atoms with E-state index in [0.29, 0.717) is 25.3 Å². The minimum atomic E-state index is -4.42. The van der Waals surface area contributed by atoms with Crippen LogP contribution in [0.5, 0.6) is 5.75 Å². The molecule has 10 heteroatoms. The fourth-order valence-electron chi connectivity index (χ4n) is 4.35. The minimum Gasteiger partial charge on any atom is -0.489 e. The van der Waals surface area contributed by atoms with Crippen LogP contribution in [0.4, 0.5) is 24.9 Å². The molecule has 4 rings (SSSR count). The molecule has 0 radical (unpaired) electrons. The predicted molar refractivity (Wildman–Crippen MR) is 121 cm³/mol. The van der Waals surface area contributed by atoms with Crippen LogP contribution in [0.1, 0.15) is 38.2 Å². The van der Waals surface area contributed by atoms with E-state index in [0.717, 1.165) is 24.3 Å². The molecular formula is C24H29F3N4O3. The van der Waals surface area contributed by atoms with Crippen molar-refractivity contribution >= 4 is 17.5 Å². The number of Topliss-reactive ketones (excluding diaryl/α,β-unsaturated/α-hetero) is 1. The number of ether oxygens (including phenoxy) is 2. The molecule has 34 heavy (non-hydrogen) atoms. The highest BCUT2D eigenvalue weighted by molar-refractivity contribution is 5.76. The van der Waals surface area contributed by atoms with E-state index >= 15 is 0 Å². The summed E-state index contributed by atoms with van der Waals surface area (Å²) in [6, 6.07) is 9.59. The van der Waals surface area contributed by atoms with Crippen molar-refractivity contribution < 1.29 is 27.4 Å². The number of aromatic nitrogens is 2. The van der Waals surface area contributed by atoms with Gasteiger partial charge in [-0.2, -0.15) is 18.2 Å². The molecule has 0 aliphatic carbocycles. The van der Waals surface area contributed by atoms with Crippen molar-refractivity contribution in [1.82, 2.24) is 9.97 Å². The third-order valence-corrected chi connectivity index (χ3v) is 6.16. The van der Waals surface area contributed by atoms with Gasteiger partial charge in [0.2, 0.25) is 5.95 Å².